The summed E-state index contributed by atoms with van der Waals surface area (Å²) in [5, 5.41) is 15.2. The predicted octanol–water partition coefficient (Wildman–Crippen LogP) is 2.72. The normalized spacial score (nSPS) is 15.5. The standard InChI is InChI=1S/C15H16N4/c16-11-18-9-3-4-10-19(18)15-8-7-14(17)12-5-1-2-6-13(12)15/h1-2,5-8H,3-4,9-10,17H2. The number of nitrogens with two attached hydrogens (primary N) is 1. The number of nitrogens with zero attached hydrogens (tertiary/aromatic N) is 3. The van der Waals surface area contributed by atoms with Crippen LogP contribution in [0.4, 0.5) is 11.4 Å². The van der Waals surface area contributed by atoms with Crippen molar-refractivity contribution in [2.75, 3.05) is 23.8 Å². The number of anilines is 2. The maximum atomic E-state index is 9.26. The molecule has 1 saturated heterocycles. The number of hydrogen-bond donors (Lipinski definition) is 1. The average Bonchev–Trinajstić information content (AvgIpc) is 2.48. The Morgan fingerprint density at radius 3 is 2.53 bits per heavy atom. The van der Waals surface area contributed by atoms with Crippen molar-refractivity contribution >= 4 is 22.1 Å². The van der Waals surface area contributed by atoms with Crippen molar-refractivity contribution in [2.45, 2.75) is 12.8 Å². The van der Waals surface area contributed by atoms with Gasteiger partial charge in [0.05, 0.1) is 12.2 Å². The first-order valence-electron chi connectivity index (χ1n) is 6.53. The van der Waals surface area contributed by atoms with Gasteiger partial charge in [0.25, 0.3) is 0 Å². The van der Waals surface area contributed by atoms with E-state index in [9.17, 15) is 5.26 Å². The molecule has 2 aromatic carbocycles. The Morgan fingerprint density at radius 1 is 1.00 bits per heavy atom. The van der Waals surface area contributed by atoms with Crippen LogP contribution in [0.25, 0.3) is 10.8 Å². The van der Waals surface area contributed by atoms with Crippen molar-refractivity contribution < 1.29 is 0 Å². The number of hydrazine groups is 1. The average molecular weight is 252 g/mol. The van der Waals surface area contributed by atoms with Gasteiger partial charge in [-0.05, 0) is 25.0 Å². The maximum absolute atomic E-state index is 9.26. The van der Waals surface area contributed by atoms with Gasteiger partial charge in [-0.3, -0.25) is 5.01 Å². The molecule has 0 radical (unpaired) electrons. The second-order valence-corrected chi connectivity index (χ2v) is 4.77. The van der Waals surface area contributed by atoms with Crippen LogP contribution in [-0.2, 0) is 0 Å². The monoisotopic (exact) mass is 252 g/mol. The van der Waals surface area contributed by atoms with Gasteiger partial charge in [0.2, 0.25) is 0 Å². The second-order valence-electron chi connectivity index (χ2n) is 4.77. The molecule has 4 heteroatoms. The number of benzene rings is 2. The first kappa shape index (κ1) is 11.7. The van der Waals surface area contributed by atoms with E-state index in [4.69, 9.17) is 5.73 Å². The lowest BCUT2D eigenvalue weighted by atomic mass is 10.1. The third kappa shape index (κ3) is 1.93. The molecule has 1 aliphatic rings. The minimum Gasteiger partial charge on any atom is -0.398 e. The van der Waals surface area contributed by atoms with E-state index in [-0.39, 0.29) is 0 Å². The minimum atomic E-state index is 0.778. The zero-order valence-corrected chi connectivity index (χ0v) is 10.7. The van der Waals surface area contributed by atoms with Gasteiger partial charge in [-0.15, -0.1) is 0 Å². The molecule has 0 bridgehead atoms. The zero-order chi connectivity index (χ0) is 13.2. The van der Waals surface area contributed by atoms with E-state index in [1.807, 2.05) is 30.3 Å². The Bertz CT molecular complexity index is 644. The molecule has 0 saturated carbocycles. The van der Waals surface area contributed by atoms with E-state index in [0.29, 0.717) is 0 Å². The van der Waals surface area contributed by atoms with Gasteiger partial charge >= 0.3 is 0 Å². The third-order valence-corrected chi connectivity index (χ3v) is 3.61. The van der Waals surface area contributed by atoms with Crippen LogP contribution in [-0.4, -0.2) is 18.1 Å². The van der Waals surface area contributed by atoms with Gasteiger partial charge in [-0.2, -0.15) is 5.26 Å². The van der Waals surface area contributed by atoms with Crippen LogP contribution in [0.3, 0.4) is 0 Å². The largest absolute Gasteiger partial charge is 0.398 e. The fourth-order valence-electron chi connectivity index (χ4n) is 2.65. The molecular formula is C15H16N4. The van der Waals surface area contributed by atoms with Crippen LogP contribution in [0.1, 0.15) is 12.8 Å². The fourth-order valence-corrected chi connectivity index (χ4v) is 2.65. The summed E-state index contributed by atoms with van der Waals surface area (Å²) in [6.07, 6.45) is 4.43. The van der Waals surface area contributed by atoms with Crippen LogP contribution in [0.15, 0.2) is 36.4 Å². The summed E-state index contributed by atoms with van der Waals surface area (Å²) in [5.74, 6) is 0. The van der Waals surface area contributed by atoms with Crippen molar-refractivity contribution in [1.29, 1.82) is 5.26 Å². The Kier molecular flexibility index (Phi) is 2.88. The lowest BCUT2D eigenvalue weighted by Crippen LogP contribution is -2.44. The first-order valence-corrected chi connectivity index (χ1v) is 6.53. The third-order valence-electron chi connectivity index (χ3n) is 3.61. The molecule has 0 spiro atoms. The SMILES string of the molecule is N#CN1CCCCN1c1ccc(N)c2ccccc12. The van der Waals surface area contributed by atoms with Gasteiger partial charge in [-0.1, -0.05) is 24.3 Å². The van der Waals surface area contributed by atoms with Crippen molar-refractivity contribution in [3.8, 4) is 6.19 Å². The molecule has 0 unspecified atom stereocenters. The highest BCUT2D eigenvalue weighted by Crippen LogP contribution is 2.32. The van der Waals surface area contributed by atoms with E-state index in [0.717, 1.165) is 48.1 Å². The highest BCUT2D eigenvalue weighted by molar-refractivity contribution is 6.01. The number of fused-ring (bicyclic) bond motifs is 1. The summed E-state index contributed by atoms with van der Waals surface area (Å²) < 4.78 is 0. The minimum absolute atomic E-state index is 0.778. The predicted molar refractivity (Wildman–Crippen MR) is 77.3 cm³/mol. The van der Waals surface area contributed by atoms with Gasteiger partial charge in [-0.25, -0.2) is 5.01 Å². The molecular weight excluding hydrogens is 236 g/mol. The summed E-state index contributed by atoms with van der Waals surface area (Å²) >= 11 is 0. The molecule has 1 fully saturated rings. The topological polar surface area (TPSA) is 56.3 Å². The quantitative estimate of drug-likeness (QED) is 0.626. The molecule has 0 amide bonds. The Hall–Kier alpha value is -2.41. The fraction of sp³-hybridized carbons (Fsp3) is 0.267. The van der Waals surface area contributed by atoms with E-state index >= 15 is 0 Å². The van der Waals surface area contributed by atoms with E-state index in [1.54, 1.807) is 5.01 Å². The van der Waals surface area contributed by atoms with Gasteiger partial charge in [0.1, 0.15) is 0 Å². The molecule has 19 heavy (non-hydrogen) atoms. The lowest BCUT2D eigenvalue weighted by molar-refractivity contribution is 0.305. The molecule has 4 nitrogen and oxygen atoms in total. The first-order chi connectivity index (χ1) is 9.31. The number of nitriles is 1. The summed E-state index contributed by atoms with van der Waals surface area (Å²) in [5.41, 5.74) is 7.86. The molecule has 0 aromatic heterocycles. The molecule has 0 atom stereocenters. The van der Waals surface area contributed by atoms with Crippen molar-refractivity contribution in [1.82, 2.24) is 5.01 Å². The number of nitrogen functional groups attached to an aromatic ring is 1. The Balaban J connectivity index is 2.15. The highest BCUT2D eigenvalue weighted by atomic mass is 15.6. The van der Waals surface area contributed by atoms with E-state index in [1.165, 1.54) is 0 Å². The molecule has 3 rings (SSSR count). The van der Waals surface area contributed by atoms with Crippen LogP contribution < -0.4 is 10.7 Å². The highest BCUT2D eigenvalue weighted by Gasteiger charge is 2.20. The second kappa shape index (κ2) is 4.69. The molecule has 1 heterocycles. The van der Waals surface area contributed by atoms with E-state index in [2.05, 4.69) is 17.3 Å². The summed E-state index contributed by atoms with van der Waals surface area (Å²) in [6.45, 7) is 1.66. The van der Waals surface area contributed by atoms with E-state index < -0.39 is 0 Å². The molecule has 2 aromatic rings. The van der Waals surface area contributed by atoms with Crippen LogP contribution in [0.2, 0.25) is 0 Å². The van der Waals surface area contributed by atoms with Crippen LogP contribution in [0.5, 0.6) is 0 Å². The smallest absolute Gasteiger partial charge is 0.200 e. The summed E-state index contributed by atoms with van der Waals surface area (Å²) in [4.78, 5) is 0. The van der Waals surface area contributed by atoms with Crippen LogP contribution >= 0.6 is 0 Å². The molecule has 1 aliphatic heterocycles. The van der Waals surface area contributed by atoms with Crippen LogP contribution in [0, 0.1) is 11.5 Å². The number of hydrogen-bond acceptors (Lipinski definition) is 4. The Morgan fingerprint density at radius 2 is 1.74 bits per heavy atom. The van der Waals surface area contributed by atoms with Crippen molar-refractivity contribution in [3.05, 3.63) is 36.4 Å². The summed E-state index contributed by atoms with van der Waals surface area (Å²) in [7, 11) is 0. The molecule has 0 aliphatic carbocycles. The summed E-state index contributed by atoms with van der Waals surface area (Å²) in [6, 6.07) is 12.0. The molecule has 96 valence electrons. The molecule has 2 N–H and O–H groups in total. The maximum Gasteiger partial charge on any atom is 0.200 e. The van der Waals surface area contributed by atoms with Crippen molar-refractivity contribution in [3.63, 3.8) is 0 Å². The Labute approximate surface area is 112 Å². The van der Waals surface area contributed by atoms with Gasteiger partial charge < -0.3 is 5.73 Å². The lowest BCUT2D eigenvalue weighted by Gasteiger charge is -2.37. The number of rotatable bonds is 1. The zero-order valence-electron chi connectivity index (χ0n) is 10.7. The van der Waals surface area contributed by atoms with Gasteiger partial charge in [0, 0.05) is 23.0 Å². The van der Waals surface area contributed by atoms with Gasteiger partial charge in [0.15, 0.2) is 6.19 Å². The van der Waals surface area contributed by atoms with Crippen molar-refractivity contribution in [2.24, 2.45) is 0 Å².